The lowest BCUT2D eigenvalue weighted by molar-refractivity contribution is -0.122. The lowest BCUT2D eigenvalue weighted by Gasteiger charge is -2.39. The second-order valence-corrected chi connectivity index (χ2v) is 7.67. The Morgan fingerprint density at radius 1 is 1.06 bits per heavy atom. The second-order valence-electron chi connectivity index (χ2n) is 7.67. The molecule has 2 aromatic carbocycles. The number of benzene rings is 2. The van der Waals surface area contributed by atoms with Gasteiger partial charge in [-0.2, -0.15) is 0 Å². The molecule has 1 atom stereocenters. The lowest BCUT2D eigenvalue weighted by atomic mass is 9.81. The summed E-state index contributed by atoms with van der Waals surface area (Å²) in [7, 11) is 0. The van der Waals surface area contributed by atoms with Crippen LogP contribution in [0.3, 0.4) is 0 Å². The van der Waals surface area contributed by atoms with E-state index in [-0.39, 0.29) is 12.4 Å². The first-order valence-corrected chi connectivity index (χ1v) is 10.5. The van der Waals surface area contributed by atoms with Gasteiger partial charge in [0.15, 0.2) is 0 Å². The van der Waals surface area contributed by atoms with E-state index >= 15 is 0 Å². The van der Waals surface area contributed by atoms with Gasteiger partial charge < -0.3 is 15.2 Å². The SMILES string of the molecule is Cc1ccc([C@@]2(NC(=O)c3ccc4ccccc4n3)CCOc3cccnc32)cc1.O=CO. The number of aromatic nitrogens is 2. The first kappa shape index (κ1) is 22.0. The molecule has 0 unspecified atom stereocenters. The molecule has 2 aromatic heterocycles. The summed E-state index contributed by atoms with van der Waals surface area (Å²) in [5.74, 6) is 0.455. The molecule has 3 heterocycles. The number of carboxylic acid groups (broad SMARTS) is 1. The summed E-state index contributed by atoms with van der Waals surface area (Å²) >= 11 is 0. The Kier molecular flexibility index (Phi) is 6.31. The van der Waals surface area contributed by atoms with Crippen LogP contribution in [0.25, 0.3) is 10.9 Å². The van der Waals surface area contributed by atoms with E-state index in [4.69, 9.17) is 14.6 Å². The molecule has 166 valence electrons. The van der Waals surface area contributed by atoms with E-state index in [2.05, 4.69) is 27.4 Å². The quantitative estimate of drug-likeness (QED) is 0.464. The van der Waals surface area contributed by atoms with E-state index in [1.54, 1.807) is 12.3 Å². The highest BCUT2D eigenvalue weighted by molar-refractivity contribution is 5.95. The van der Waals surface area contributed by atoms with Crippen LogP contribution >= 0.6 is 0 Å². The van der Waals surface area contributed by atoms with Crippen LogP contribution in [0, 0.1) is 6.92 Å². The standard InChI is InChI=1S/C25H21N3O2.CH2O2/c1-17-8-11-19(12-9-17)25(14-16-30-22-7-4-15-26-23(22)25)28-24(29)21-13-10-18-5-2-3-6-20(18)27-21;2-1-3/h2-13,15H,14,16H2,1H3,(H,28,29);1H,(H,2,3)/t25-;/m0./s1. The van der Waals surface area contributed by atoms with Crippen molar-refractivity contribution in [3.63, 3.8) is 0 Å². The molecule has 0 saturated heterocycles. The van der Waals surface area contributed by atoms with Gasteiger partial charge in [-0.25, -0.2) is 4.98 Å². The highest BCUT2D eigenvalue weighted by Crippen LogP contribution is 2.40. The van der Waals surface area contributed by atoms with Crippen LogP contribution in [-0.2, 0) is 10.3 Å². The normalized spacial score (nSPS) is 16.5. The molecule has 5 rings (SSSR count). The molecule has 7 heteroatoms. The Balaban J connectivity index is 0.000000821. The number of hydrogen-bond donors (Lipinski definition) is 2. The number of fused-ring (bicyclic) bond motifs is 2. The molecular weight excluding hydrogens is 418 g/mol. The van der Waals surface area contributed by atoms with Crippen molar-refractivity contribution in [2.24, 2.45) is 0 Å². The van der Waals surface area contributed by atoms with E-state index in [9.17, 15) is 4.79 Å². The zero-order chi connectivity index (χ0) is 23.3. The summed E-state index contributed by atoms with van der Waals surface area (Å²) in [6.45, 7) is 2.28. The van der Waals surface area contributed by atoms with Gasteiger partial charge in [0, 0.05) is 18.0 Å². The molecular formula is C26H23N3O4. The largest absolute Gasteiger partial charge is 0.491 e. The minimum absolute atomic E-state index is 0.236. The summed E-state index contributed by atoms with van der Waals surface area (Å²) in [6.07, 6.45) is 2.32. The molecule has 7 nitrogen and oxygen atoms in total. The number of carbonyl (C=O) groups excluding carboxylic acids is 1. The number of rotatable bonds is 3. The third kappa shape index (κ3) is 4.39. The Labute approximate surface area is 191 Å². The zero-order valence-electron chi connectivity index (χ0n) is 18.1. The van der Waals surface area contributed by atoms with E-state index in [1.165, 1.54) is 0 Å². The Bertz CT molecular complexity index is 1290. The molecule has 0 aliphatic carbocycles. The van der Waals surface area contributed by atoms with Crippen molar-refractivity contribution in [1.82, 2.24) is 15.3 Å². The average molecular weight is 441 g/mol. The van der Waals surface area contributed by atoms with Crippen molar-refractivity contribution in [3.8, 4) is 5.75 Å². The number of para-hydroxylation sites is 1. The van der Waals surface area contributed by atoms with Crippen LogP contribution < -0.4 is 10.1 Å². The number of ether oxygens (including phenoxy) is 1. The summed E-state index contributed by atoms with van der Waals surface area (Å²) in [6, 6.07) is 23.4. The first-order valence-electron chi connectivity index (χ1n) is 10.5. The second kappa shape index (κ2) is 9.48. The first-order chi connectivity index (χ1) is 16.1. The third-order valence-electron chi connectivity index (χ3n) is 5.61. The summed E-state index contributed by atoms with van der Waals surface area (Å²) in [5, 5.41) is 11.2. The van der Waals surface area contributed by atoms with Crippen LogP contribution in [-0.4, -0.2) is 34.1 Å². The molecule has 1 aliphatic heterocycles. The molecule has 4 aromatic rings. The summed E-state index contributed by atoms with van der Waals surface area (Å²) in [4.78, 5) is 30.9. The maximum Gasteiger partial charge on any atom is 0.290 e. The number of hydrogen-bond acceptors (Lipinski definition) is 5. The van der Waals surface area contributed by atoms with Crippen LogP contribution in [0.15, 0.2) is 79.0 Å². The fraction of sp³-hybridized carbons (Fsp3) is 0.154. The van der Waals surface area contributed by atoms with Crippen molar-refractivity contribution in [1.29, 1.82) is 0 Å². The number of aryl methyl sites for hydroxylation is 1. The number of nitrogens with one attached hydrogen (secondary N) is 1. The predicted molar refractivity (Wildman–Crippen MR) is 124 cm³/mol. The number of carbonyl (C=O) groups is 2. The maximum absolute atomic E-state index is 13.4. The zero-order valence-corrected chi connectivity index (χ0v) is 18.1. The smallest absolute Gasteiger partial charge is 0.290 e. The number of amides is 1. The highest BCUT2D eigenvalue weighted by atomic mass is 16.5. The van der Waals surface area contributed by atoms with Gasteiger partial charge >= 0.3 is 0 Å². The highest BCUT2D eigenvalue weighted by Gasteiger charge is 2.42. The Morgan fingerprint density at radius 2 is 1.82 bits per heavy atom. The van der Waals surface area contributed by atoms with Gasteiger partial charge in [0.1, 0.15) is 22.7 Å². The van der Waals surface area contributed by atoms with Crippen LogP contribution in [0.4, 0.5) is 0 Å². The third-order valence-corrected chi connectivity index (χ3v) is 5.61. The fourth-order valence-electron chi connectivity index (χ4n) is 4.02. The number of nitrogens with zero attached hydrogens (tertiary/aromatic N) is 2. The number of pyridine rings is 2. The van der Waals surface area contributed by atoms with Gasteiger partial charge in [0.25, 0.3) is 12.4 Å². The van der Waals surface area contributed by atoms with Gasteiger partial charge in [0.05, 0.1) is 12.1 Å². The summed E-state index contributed by atoms with van der Waals surface area (Å²) in [5.41, 5.74) is 3.24. The van der Waals surface area contributed by atoms with Gasteiger partial charge in [-0.1, -0.05) is 54.1 Å². The van der Waals surface area contributed by atoms with Crippen LogP contribution in [0.2, 0.25) is 0 Å². The van der Waals surface area contributed by atoms with Crippen molar-refractivity contribution < 1.29 is 19.4 Å². The molecule has 1 amide bonds. The van der Waals surface area contributed by atoms with E-state index in [0.29, 0.717) is 30.2 Å². The Hall–Kier alpha value is -4.26. The molecule has 0 spiro atoms. The molecule has 0 bridgehead atoms. The van der Waals surface area contributed by atoms with Crippen LogP contribution in [0.1, 0.15) is 33.7 Å². The van der Waals surface area contributed by atoms with Crippen molar-refractivity contribution in [3.05, 3.63) is 102 Å². The minimum Gasteiger partial charge on any atom is -0.491 e. The molecule has 1 aliphatic rings. The average Bonchev–Trinajstić information content (AvgIpc) is 2.85. The molecule has 0 radical (unpaired) electrons. The van der Waals surface area contributed by atoms with Gasteiger partial charge in [-0.15, -0.1) is 0 Å². The van der Waals surface area contributed by atoms with Gasteiger partial charge in [-0.05, 0) is 36.8 Å². The topological polar surface area (TPSA) is 101 Å². The van der Waals surface area contributed by atoms with Crippen LogP contribution in [0.5, 0.6) is 5.75 Å². The molecule has 0 saturated carbocycles. The van der Waals surface area contributed by atoms with Crippen molar-refractivity contribution >= 4 is 23.3 Å². The molecule has 2 N–H and O–H groups in total. The predicted octanol–water partition coefficient (Wildman–Crippen LogP) is 4.10. The van der Waals surface area contributed by atoms with Crippen molar-refractivity contribution in [2.75, 3.05) is 6.61 Å². The Morgan fingerprint density at radius 3 is 2.61 bits per heavy atom. The van der Waals surface area contributed by atoms with E-state index in [0.717, 1.165) is 22.0 Å². The minimum atomic E-state index is -0.785. The molecule has 33 heavy (non-hydrogen) atoms. The van der Waals surface area contributed by atoms with Crippen molar-refractivity contribution in [2.45, 2.75) is 18.9 Å². The maximum atomic E-state index is 13.4. The monoisotopic (exact) mass is 441 g/mol. The van der Waals surface area contributed by atoms with E-state index < -0.39 is 5.54 Å². The fourth-order valence-corrected chi connectivity index (χ4v) is 4.02. The van der Waals surface area contributed by atoms with Gasteiger partial charge in [-0.3, -0.25) is 14.6 Å². The van der Waals surface area contributed by atoms with E-state index in [1.807, 2.05) is 61.5 Å². The van der Waals surface area contributed by atoms with Gasteiger partial charge in [0.2, 0.25) is 0 Å². The molecule has 0 fully saturated rings. The summed E-state index contributed by atoms with van der Waals surface area (Å²) < 4.78 is 5.84. The lowest BCUT2D eigenvalue weighted by Crippen LogP contribution is -2.50.